The van der Waals surface area contributed by atoms with Gasteiger partial charge < -0.3 is 20.1 Å². The maximum atomic E-state index is 13.5. The van der Waals surface area contributed by atoms with Gasteiger partial charge in [-0.2, -0.15) is 5.10 Å². The van der Waals surface area contributed by atoms with Gasteiger partial charge in [0.05, 0.1) is 23.9 Å². The van der Waals surface area contributed by atoms with E-state index in [-0.39, 0.29) is 23.5 Å². The fourth-order valence-electron chi connectivity index (χ4n) is 6.42. The number of aromatic nitrogens is 2. The molecule has 4 fully saturated rings. The first-order valence-corrected chi connectivity index (χ1v) is 12.6. The highest BCUT2D eigenvalue weighted by molar-refractivity contribution is 5.96. The van der Waals surface area contributed by atoms with Crippen molar-refractivity contribution < 1.29 is 19.1 Å². The third-order valence-corrected chi connectivity index (χ3v) is 7.63. The minimum atomic E-state index is -0.562. The second-order valence-corrected chi connectivity index (χ2v) is 11.6. The summed E-state index contributed by atoms with van der Waals surface area (Å²) in [5, 5.41) is 10.7. The Balaban J connectivity index is 1.53. The van der Waals surface area contributed by atoms with E-state index in [1.54, 1.807) is 17.1 Å². The van der Waals surface area contributed by atoms with Crippen LogP contribution in [0.15, 0.2) is 12.3 Å². The molecular weight excluding hydrogens is 432 g/mol. The van der Waals surface area contributed by atoms with Crippen molar-refractivity contribution in [1.82, 2.24) is 20.4 Å². The number of nitrogens with one attached hydrogen (secondary N) is 2. The van der Waals surface area contributed by atoms with Gasteiger partial charge in [-0.1, -0.05) is 13.8 Å². The Kier molecular flexibility index (Phi) is 6.82. The van der Waals surface area contributed by atoms with Gasteiger partial charge in [0.25, 0.3) is 5.91 Å². The van der Waals surface area contributed by atoms with E-state index in [9.17, 15) is 9.59 Å². The van der Waals surface area contributed by atoms with Crippen molar-refractivity contribution in [1.29, 1.82) is 0 Å². The Hall–Kier alpha value is -2.35. The van der Waals surface area contributed by atoms with Crippen LogP contribution in [0.25, 0.3) is 6.20 Å². The molecule has 0 saturated heterocycles. The number of rotatable bonds is 9. The van der Waals surface area contributed by atoms with Crippen LogP contribution in [-0.2, 0) is 9.53 Å². The molecular formula is C26H40N4O4. The molecule has 4 aliphatic rings. The van der Waals surface area contributed by atoms with E-state index in [2.05, 4.69) is 29.6 Å². The Bertz CT molecular complexity index is 935. The van der Waals surface area contributed by atoms with Gasteiger partial charge in [-0.15, -0.1) is 0 Å². The van der Waals surface area contributed by atoms with Crippen LogP contribution in [0, 0.1) is 23.7 Å². The van der Waals surface area contributed by atoms with E-state index in [0.29, 0.717) is 35.8 Å². The molecule has 0 spiro atoms. The van der Waals surface area contributed by atoms with Crippen molar-refractivity contribution in [2.45, 2.75) is 83.9 Å². The van der Waals surface area contributed by atoms with Crippen LogP contribution in [0.1, 0.15) is 77.1 Å². The fourth-order valence-corrected chi connectivity index (χ4v) is 6.42. The smallest absolute Gasteiger partial charge is 0.258 e. The van der Waals surface area contributed by atoms with Crippen LogP contribution >= 0.6 is 0 Å². The maximum Gasteiger partial charge on any atom is 0.258 e. The molecule has 188 valence electrons. The molecule has 2 atom stereocenters. The summed E-state index contributed by atoms with van der Waals surface area (Å²) in [5.41, 5.74) is -0.106. The first-order chi connectivity index (χ1) is 16.0. The third kappa shape index (κ3) is 5.16. The van der Waals surface area contributed by atoms with Crippen molar-refractivity contribution in [2.75, 3.05) is 13.7 Å². The first-order valence-electron chi connectivity index (χ1n) is 12.6. The van der Waals surface area contributed by atoms with Crippen LogP contribution < -0.4 is 15.4 Å². The van der Waals surface area contributed by atoms with Gasteiger partial charge >= 0.3 is 0 Å². The lowest BCUT2D eigenvalue weighted by atomic mass is 9.52. The van der Waals surface area contributed by atoms with E-state index in [0.717, 1.165) is 25.2 Å². The molecule has 4 aliphatic carbocycles. The molecule has 2 amide bonds. The molecule has 8 heteroatoms. The molecule has 2 N–H and O–H groups in total. The number of nitrogens with zero attached hydrogens (tertiary/aromatic N) is 2. The van der Waals surface area contributed by atoms with E-state index in [1.807, 2.05) is 27.0 Å². The summed E-state index contributed by atoms with van der Waals surface area (Å²) in [5.74, 6) is 2.12. The summed E-state index contributed by atoms with van der Waals surface area (Å²) in [6.07, 6.45) is 10.7. The monoisotopic (exact) mass is 472 g/mol. The maximum absolute atomic E-state index is 13.5. The zero-order chi connectivity index (χ0) is 24.7. The van der Waals surface area contributed by atoms with Crippen LogP contribution in [0.4, 0.5) is 0 Å². The highest BCUT2D eigenvalue weighted by atomic mass is 16.5. The molecule has 34 heavy (non-hydrogen) atoms. The van der Waals surface area contributed by atoms with Crippen LogP contribution in [-0.4, -0.2) is 52.5 Å². The SMILES string of the molecule is COC12CC3CC(C1)C(NC(=O)c1cnn(C=CC(C)(C)NC(C)=O)c1OCC(C)C)C(C3)C2. The van der Waals surface area contributed by atoms with Crippen LogP contribution in [0.5, 0.6) is 5.88 Å². The van der Waals surface area contributed by atoms with Crippen molar-refractivity contribution in [3.05, 3.63) is 17.8 Å². The Morgan fingerprint density at radius 2 is 1.94 bits per heavy atom. The van der Waals surface area contributed by atoms with E-state index < -0.39 is 5.54 Å². The average Bonchev–Trinajstić information content (AvgIpc) is 3.15. The van der Waals surface area contributed by atoms with Gasteiger partial charge in [0, 0.05) is 26.3 Å². The van der Waals surface area contributed by atoms with E-state index in [1.165, 1.54) is 19.8 Å². The Morgan fingerprint density at radius 1 is 1.26 bits per heavy atom. The molecule has 1 aromatic rings. The van der Waals surface area contributed by atoms with Crippen molar-refractivity contribution in [3.8, 4) is 5.88 Å². The molecule has 0 aromatic carbocycles. The highest BCUT2D eigenvalue weighted by Gasteiger charge is 2.56. The number of ether oxygens (including phenoxy) is 2. The second-order valence-electron chi connectivity index (χ2n) is 11.6. The quantitative estimate of drug-likeness (QED) is 0.572. The van der Waals surface area contributed by atoms with Crippen LogP contribution in [0.3, 0.4) is 0 Å². The summed E-state index contributed by atoms with van der Waals surface area (Å²) in [4.78, 5) is 24.9. The molecule has 0 radical (unpaired) electrons. The number of carbonyl (C=O) groups is 2. The molecule has 8 nitrogen and oxygen atoms in total. The fraction of sp³-hybridized carbons (Fsp3) is 0.731. The number of methoxy groups -OCH3 is 1. The summed E-state index contributed by atoms with van der Waals surface area (Å²) in [7, 11) is 1.84. The molecule has 4 saturated carbocycles. The minimum Gasteiger partial charge on any atom is -0.477 e. The highest BCUT2D eigenvalue weighted by Crippen LogP contribution is 2.57. The normalized spacial score (nSPS) is 30.2. The summed E-state index contributed by atoms with van der Waals surface area (Å²) < 4.78 is 13.6. The van der Waals surface area contributed by atoms with Crippen molar-refractivity contribution in [3.63, 3.8) is 0 Å². The summed E-state index contributed by atoms with van der Waals surface area (Å²) in [6, 6.07) is 0.169. The van der Waals surface area contributed by atoms with Gasteiger partial charge in [0.2, 0.25) is 11.8 Å². The van der Waals surface area contributed by atoms with Gasteiger partial charge in [-0.25, -0.2) is 4.68 Å². The molecule has 0 aliphatic heterocycles. The van der Waals surface area contributed by atoms with Gasteiger partial charge in [-0.05, 0) is 75.7 Å². The van der Waals surface area contributed by atoms with Gasteiger partial charge in [-0.3, -0.25) is 9.59 Å². The van der Waals surface area contributed by atoms with Gasteiger partial charge in [0.15, 0.2) is 0 Å². The molecule has 4 bridgehead atoms. The van der Waals surface area contributed by atoms with E-state index >= 15 is 0 Å². The van der Waals surface area contributed by atoms with E-state index in [4.69, 9.17) is 9.47 Å². The molecule has 1 aromatic heterocycles. The number of hydrogen-bond donors (Lipinski definition) is 2. The molecule has 2 unspecified atom stereocenters. The standard InChI is InChI=1S/C26H40N4O4/c1-16(2)15-34-24-21(14-27-30(24)8-7-25(4,5)29-17(3)31)23(32)28-22-19-9-18-10-20(22)13-26(11-18,12-19)33-6/h7-8,14,16,18-20,22H,9-13,15H2,1-6H3,(H,28,32)(H,29,31). The van der Waals surface area contributed by atoms with Crippen molar-refractivity contribution >= 4 is 18.0 Å². The lowest BCUT2D eigenvalue weighted by Crippen LogP contribution is -2.62. The zero-order valence-electron chi connectivity index (χ0n) is 21.4. The minimum absolute atomic E-state index is 0.0135. The number of amides is 2. The largest absolute Gasteiger partial charge is 0.477 e. The number of hydrogen-bond acceptors (Lipinski definition) is 5. The zero-order valence-corrected chi connectivity index (χ0v) is 21.4. The summed E-state index contributed by atoms with van der Waals surface area (Å²) >= 11 is 0. The first kappa shape index (κ1) is 24.8. The predicted octanol–water partition coefficient (Wildman–Crippen LogP) is 3.63. The topological polar surface area (TPSA) is 94.5 Å². The second kappa shape index (κ2) is 9.36. The molecule has 1 heterocycles. The lowest BCUT2D eigenvalue weighted by Gasteiger charge is -2.59. The van der Waals surface area contributed by atoms with Crippen molar-refractivity contribution in [2.24, 2.45) is 23.7 Å². The molecule has 5 rings (SSSR count). The Morgan fingerprint density at radius 3 is 2.53 bits per heavy atom. The third-order valence-electron chi connectivity index (χ3n) is 7.63. The lowest BCUT2D eigenvalue weighted by molar-refractivity contribution is -0.156. The van der Waals surface area contributed by atoms with Crippen LogP contribution in [0.2, 0.25) is 0 Å². The predicted molar refractivity (Wildman–Crippen MR) is 130 cm³/mol. The average molecular weight is 473 g/mol. The number of carbonyl (C=O) groups excluding carboxylic acids is 2. The van der Waals surface area contributed by atoms with Gasteiger partial charge in [0.1, 0.15) is 5.56 Å². The Labute approximate surface area is 202 Å². The summed E-state index contributed by atoms with van der Waals surface area (Å²) in [6.45, 7) is 9.89.